The Hall–Kier alpha value is -2.26. The maximum Gasteiger partial charge on any atom is 0.335 e. The number of fused-ring (bicyclic) bond motifs is 1. The van der Waals surface area contributed by atoms with Gasteiger partial charge in [0.25, 0.3) is 0 Å². The van der Waals surface area contributed by atoms with Gasteiger partial charge in [0, 0.05) is 11.1 Å². The van der Waals surface area contributed by atoms with Crippen molar-refractivity contribution in [1.29, 1.82) is 0 Å². The smallest absolute Gasteiger partial charge is 0.335 e. The van der Waals surface area contributed by atoms with Crippen molar-refractivity contribution in [2.24, 2.45) is 0 Å². The molecule has 4 heteroatoms. The van der Waals surface area contributed by atoms with Gasteiger partial charge in [-0.3, -0.25) is 0 Å². The number of H-pyrrole nitrogens is 1. The van der Waals surface area contributed by atoms with Crippen molar-refractivity contribution in [2.75, 3.05) is 0 Å². The van der Waals surface area contributed by atoms with Gasteiger partial charge in [0.2, 0.25) is 0 Å². The number of hydrogen-bond donors (Lipinski definition) is 2. The topological polar surface area (TPSA) is 53.1 Å². The molecule has 0 fully saturated rings. The lowest BCUT2D eigenvalue weighted by Gasteiger charge is -1.99. The van der Waals surface area contributed by atoms with Crippen LogP contribution < -0.4 is 0 Å². The highest BCUT2D eigenvalue weighted by atomic mass is 35.5. The summed E-state index contributed by atoms with van der Waals surface area (Å²) in [6.07, 6.45) is 0. The van der Waals surface area contributed by atoms with E-state index in [4.69, 9.17) is 16.7 Å². The van der Waals surface area contributed by atoms with Crippen molar-refractivity contribution in [3.63, 3.8) is 0 Å². The van der Waals surface area contributed by atoms with Crippen molar-refractivity contribution >= 4 is 28.5 Å². The van der Waals surface area contributed by atoms with Gasteiger partial charge in [0.05, 0.1) is 16.1 Å². The van der Waals surface area contributed by atoms with Crippen molar-refractivity contribution in [1.82, 2.24) is 4.98 Å². The van der Waals surface area contributed by atoms with E-state index in [0.29, 0.717) is 5.02 Å². The second-order valence-corrected chi connectivity index (χ2v) is 4.68. The number of halogens is 1. The van der Waals surface area contributed by atoms with Gasteiger partial charge in [-0.15, -0.1) is 0 Å². The highest BCUT2D eigenvalue weighted by Crippen LogP contribution is 2.28. The summed E-state index contributed by atoms with van der Waals surface area (Å²) in [5, 5.41) is 10.7. The number of rotatable bonds is 2. The van der Waals surface area contributed by atoms with Crippen LogP contribution >= 0.6 is 11.6 Å². The molecule has 0 saturated carbocycles. The zero-order valence-electron chi connectivity index (χ0n) is 9.85. The summed E-state index contributed by atoms with van der Waals surface area (Å²) in [5.74, 6) is -0.934. The van der Waals surface area contributed by atoms with Crippen LogP contribution in [0.25, 0.3) is 22.2 Å². The second kappa shape index (κ2) is 4.44. The minimum Gasteiger partial charge on any atom is -0.478 e. The average molecular weight is 272 g/mol. The van der Waals surface area contributed by atoms with E-state index in [2.05, 4.69) is 4.98 Å². The fourth-order valence-corrected chi connectivity index (χ4v) is 2.32. The van der Waals surface area contributed by atoms with Gasteiger partial charge in [-0.2, -0.15) is 0 Å². The molecule has 3 aromatic rings. The molecular formula is C15H10ClNO2. The molecule has 2 aromatic carbocycles. The average Bonchev–Trinajstić information content (AvgIpc) is 2.84. The van der Waals surface area contributed by atoms with Crippen LogP contribution in [0, 0.1) is 0 Å². The zero-order valence-corrected chi connectivity index (χ0v) is 10.6. The third-order valence-corrected chi connectivity index (χ3v) is 3.34. The molecule has 0 unspecified atom stereocenters. The molecule has 0 saturated heterocycles. The molecule has 0 aliphatic rings. The Morgan fingerprint density at radius 1 is 1.11 bits per heavy atom. The number of aromatic carboxylic acids is 1. The monoisotopic (exact) mass is 271 g/mol. The Morgan fingerprint density at radius 2 is 1.89 bits per heavy atom. The fourth-order valence-electron chi connectivity index (χ4n) is 2.09. The van der Waals surface area contributed by atoms with E-state index in [-0.39, 0.29) is 5.56 Å². The molecule has 0 radical (unpaired) electrons. The van der Waals surface area contributed by atoms with Crippen LogP contribution in [-0.2, 0) is 0 Å². The molecular weight excluding hydrogens is 262 g/mol. The van der Waals surface area contributed by atoms with Crippen LogP contribution in [0.2, 0.25) is 5.02 Å². The number of benzene rings is 2. The maximum atomic E-state index is 11.0. The normalized spacial score (nSPS) is 10.8. The van der Waals surface area contributed by atoms with E-state index >= 15 is 0 Å². The number of aromatic amines is 1. The third kappa shape index (κ3) is 2.09. The first-order valence-corrected chi connectivity index (χ1v) is 6.14. The molecule has 2 N–H and O–H groups in total. The summed E-state index contributed by atoms with van der Waals surface area (Å²) in [6, 6.07) is 14.4. The molecule has 94 valence electrons. The third-order valence-electron chi connectivity index (χ3n) is 3.03. The van der Waals surface area contributed by atoms with Crippen LogP contribution in [-0.4, -0.2) is 16.1 Å². The van der Waals surface area contributed by atoms with Crippen molar-refractivity contribution in [2.45, 2.75) is 0 Å². The maximum absolute atomic E-state index is 11.0. The van der Waals surface area contributed by atoms with Crippen molar-refractivity contribution in [3.8, 4) is 11.3 Å². The van der Waals surface area contributed by atoms with Gasteiger partial charge in [-0.05, 0) is 29.8 Å². The van der Waals surface area contributed by atoms with Crippen molar-refractivity contribution < 1.29 is 9.90 Å². The van der Waals surface area contributed by atoms with Crippen LogP contribution in [0.5, 0.6) is 0 Å². The second-order valence-electron chi connectivity index (χ2n) is 4.27. The lowest BCUT2D eigenvalue weighted by Crippen LogP contribution is -1.95. The van der Waals surface area contributed by atoms with Crippen molar-refractivity contribution in [3.05, 3.63) is 59.1 Å². The predicted octanol–water partition coefficient (Wildman–Crippen LogP) is 4.19. The molecule has 0 spiro atoms. The Labute approximate surface area is 114 Å². The predicted molar refractivity (Wildman–Crippen MR) is 75.7 cm³/mol. The summed E-state index contributed by atoms with van der Waals surface area (Å²) < 4.78 is 0. The molecule has 3 nitrogen and oxygen atoms in total. The summed E-state index contributed by atoms with van der Waals surface area (Å²) in [5.41, 5.74) is 2.81. The van der Waals surface area contributed by atoms with Crippen LogP contribution in [0.1, 0.15) is 10.4 Å². The standard InChI is InChI=1S/C15H10ClNO2/c16-12-6-2-4-10-8-13(17-14(10)12)9-3-1-5-11(7-9)15(18)19/h1-8,17H,(H,18,19). The summed E-state index contributed by atoms with van der Waals surface area (Å²) in [6.45, 7) is 0. The quantitative estimate of drug-likeness (QED) is 0.734. The zero-order chi connectivity index (χ0) is 13.4. The van der Waals surface area contributed by atoms with E-state index in [1.54, 1.807) is 18.2 Å². The Kier molecular flexibility index (Phi) is 2.76. The molecule has 0 atom stereocenters. The number of aromatic nitrogens is 1. The van der Waals surface area contributed by atoms with Gasteiger partial charge < -0.3 is 10.1 Å². The summed E-state index contributed by atoms with van der Waals surface area (Å²) in [4.78, 5) is 14.2. The molecule has 1 heterocycles. The SMILES string of the molecule is O=C(O)c1cccc(-c2cc3cccc(Cl)c3[nH]2)c1. The minimum absolute atomic E-state index is 0.266. The van der Waals surface area contributed by atoms with Gasteiger partial charge >= 0.3 is 5.97 Å². The molecule has 0 bridgehead atoms. The van der Waals surface area contributed by atoms with Crippen LogP contribution in [0.4, 0.5) is 0 Å². The summed E-state index contributed by atoms with van der Waals surface area (Å²) >= 11 is 6.11. The van der Waals surface area contributed by atoms with Crippen LogP contribution in [0.3, 0.4) is 0 Å². The van der Waals surface area contributed by atoms with E-state index in [0.717, 1.165) is 22.2 Å². The first-order chi connectivity index (χ1) is 9.15. The van der Waals surface area contributed by atoms with E-state index in [1.807, 2.05) is 30.3 Å². The number of carboxylic acids is 1. The van der Waals surface area contributed by atoms with Gasteiger partial charge in [-0.1, -0.05) is 35.9 Å². The van der Waals surface area contributed by atoms with E-state index in [1.165, 1.54) is 0 Å². The summed E-state index contributed by atoms with van der Waals surface area (Å²) in [7, 11) is 0. The highest BCUT2D eigenvalue weighted by Gasteiger charge is 2.08. The molecule has 0 amide bonds. The molecule has 1 aromatic heterocycles. The number of para-hydroxylation sites is 1. The molecule has 19 heavy (non-hydrogen) atoms. The Morgan fingerprint density at radius 3 is 2.63 bits per heavy atom. The number of carbonyl (C=O) groups is 1. The van der Waals surface area contributed by atoms with Gasteiger partial charge in [0.1, 0.15) is 0 Å². The lowest BCUT2D eigenvalue weighted by molar-refractivity contribution is 0.0697. The molecule has 0 aliphatic carbocycles. The largest absolute Gasteiger partial charge is 0.478 e. The molecule has 3 rings (SSSR count). The van der Waals surface area contributed by atoms with E-state index in [9.17, 15) is 4.79 Å². The number of nitrogens with one attached hydrogen (secondary N) is 1. The first kappa shape index (κ1) is 11.8. The van der Waals surface area contributed by atoms with Gasteiger partial charge in [-0.25, -0.2) is 4.79 Å². The number of carboxylic acid groups (broad SMARTS) is 1. The highest BCUT2D eigenvalue weighted by molar-refractivity contribution is 6.35. The van der Waals surface area contributed by atoms with E-state index < -0.39 is 5.97 Å². The van der Waals surface area contributed by atoms with Gasteiger partial charge in [0.15, 0.2) is 0 Å². The Balaban J connectivity index is 2.16. The first-order valence-electron chi connectivity index (χ1n) is 5.76. The van der Waals surface area contributed by atoms with Crippen LogP contribution in [0.15, 0.2) is 48.5 Å². The molecule has 0 aliphatic heterocycles. The fraction of sp³-hybridized carbons (Fsp3) is 0. The lowest BCUT2D eigenvalue weighted by atomic mass is 10.1. The minimum atomic E-state index is -0.934. The number of hydrogen-bond acceptors (Lipinski definition) is 1. The Bertz CT molecular complexity index is 777.